The molecule has 0 aromatic rings. The highest BCUT2D eigenvalue weighted by atomic mass is 13.9. The fourth-order valence-electron chi connectivity index (χ4n) is 0.354. The topological polar surface area (TPSA) is 0 Å². The van der Waals surface area contributed by atoms with Crippen LogP contribution in [0, 0.1) is 0 Å². The molecule has 0 aromatic carbocycles. The molecule has 0 N–H and O–H groups in total. The first-order valence-corrected chi connectivity index (χ1v) is 5.64. The van der Waals surface area contributed by atoms with E-state index in [4.69, 9.17) is 0 Å². The molecular weight excluding hydrogens is 156 g/mol. The van der Waals surface area contributed by atoms with E-state index in [2.05, 4.69) is 55.4 Å². The van der Waals surface area contributed by atoms with Gasteiger partial charge in [0.2, 0.25) is 0 Å². The molecule has 0 aliphatic rings. The number of hydrogen-bond acceptors (Lipinski definition) is 0. The van der Waals surface area contributed by atoms with Gasteiger partial charge in [0.05, 0.1) is 0 Å². The molecule has 0 radical (unpaired) electrons. The van der Waals surface area contributed by atoms with Gasteiger partial charge in [-0.3, -0.25) is 0 Å². The molecule has 0 aliphatic carbocycles. The zero-order valence-electron chi connectivity index (χ0n) is 11.1. The maximum absolute atomic E-state index is 2.18. The van der Waals surface area contributed by atoms with Gasteiger partial charge in [-0.1, -0.05) is 58.6 Å². The summed E-state index contributed by atoms with van der Waals surface area (Å²) in [4.78, 5) is 0. The molecule has 0 rings (SSSR count). The molecule has 0 atom stereocenters. The molecule has 0 saturated heterocycles. The first-order chi connectivity index (χ1) is 6.01. The lowest BCUT2D eigenvalue weighted by Crippen LogP contribution is -1.73. The summed E-state index contributed by atoms with van der Waals surface area (Å²) in [6, 6.07) is 0. The third-order valence-corrected chi connectivity index (χ3v) is 1.38. The molecule has 0 nitrogen and oxygen atoms in total. The normalized spacial score (nSPS) is 7.38. The van der Waals surface area contributed by atoms with Crippen molar-refractivity contribution in [3.05, 3.63) is 11.1 Å². The van der Waals surface area contributed by atoms with E-state index in [0.29, 0.717) is 0 Å². The van der Waals surface area contributed by atoms with Gasteiger partial charge < -0.3 is 0 Å². The summed E-state index contributed by atoms with van der Waals surface area (Å²) in [6.45, 7) is 17.2. The molecule has 13 heavy (non-hydrogen) atoms. The quantitative estimate of drug-likeness (QED) is 0.469. The lowest BCUT2D eigenvalue weighted by molar-refractivity contribution is 1.05. The van der Waals surface area contributed by atoms with Crippen molar-refractivity contribution < 1.29 is 0 Å². The fraction of sp³-hybridized carbons (Fsp3) is 0.846. The monoisotopic (exact) mass is 186 g/mol. The summed E-state index contributed by atoms with van der Waals surface area (Å²) in [6.07, 6.45) is 3.70. The summed E-state index contributed by atoms with van der Waals surface area (Å²) >= 11 is 0. The molecule has 0 amide bonds. The van der Waals surface area contributed by atoms with Gasteiger partial charge >= 0.3 is 0 Å². The minimum absolute atomic E-state index is 1.20. The summed E-state index contributed by atoms with van der Waals surface area (Å²) in [5.41, 5.74) is 2.97. The van der Waals surface area contributed by atoms with Crippen LogP contribution < -0.4 is 0 Å². The molecule has 0 heterocycles. The van der Waals surface area contributed by atoms with Crippen LogP contribution >= 0.6 is 0 Å². The minimum Gasteiger partial charge on any atom is -0.0775 e. The third-order valence-electron chi connectivity index (χ3n) is 1.38. The average molecular weight is 186 g/mol. The van der Waals surface area contributed by atoms with Crippen LogP contribution in [0.1, 0.15) is 74.7 Å². The Balaban J connectivity index is -0.000000140. The van der Waals surface area contributed by atoms with E-state index in [1.807, 2.05) is 0 Å². The van der Waals surface area contributed by atoms with Crippen LogP contribution in [0.25, 0.3) is 0 Å². The second kappa shape index (κ2) is 17.7. The lowest BCUT2D eigenvalue weighted by atomic mass is 10.1. The van der Waals surface area contributed by atoms with Crippen molar-refractivity contribution in [2.75, 3.05) is 0 Å². The Morgan fingerprint density at radius 1 is 0.692 bits per heavy atom. The van der Waals surface area contributed by atoms with Crippen LogP contribution in [0.15, 0.2) is 11.1 Å². The largest absolute Gasteiger partial charge is 0.0775 e. The summed E-state index contributed by atoms with van der Waals surface area (Å²) in [7, 11) is 0. The molecular formula is C13H30. The molecule has 0 spiro atoms. The summed E-state index contributed by atoms with van der Waals surface area (Å²) in [5, 5.41) is 0. The van der Waals surface area contributed by atoms with Gasteiger partial charge in [-0.2, -0.15) is 0 Å². The number of hydrogen-bond donors (Lipinski definition) is 0. The van der Waals surface area contributed by atoms with Crippen molar-refractivity contribution in [2.45, 2.75) is 74.7 Å². The van der Waals surface area contributed by atoms with Crippen molar-refractivity contribution in [3.63, 3.8) is 0 Å². The van der Waals surface area contributed by atoms with Gasteiger partial charge in [-0.05, 0) is 27.2 Å². The predicted molar refractivity (Wildman–Crippen MR) is 66.3 cm³/mol. The summed E-state index contributed by atoms with van der Waals surface area (Å²) < 4.78 is 0. The Bertz CT molecular complexity index is 92.6. The standard InChI is InChI=1S/C7H14.2C3H8/c1-5-7(4)6(2)3;2*1-3-2/h5H2,1-4H3;2*3H2,1-2H3. The van der Waals surface area contributed by atoms with Crippen molar-refractivity contribution in [2.24, 2.45) is 0 Å². The van der Waals surface area contributed by atoms with Gasteiger partial charge in [0, 0.05) is 0 Å². The highest BCUT2D eigenvalue weighted by Gasteiger charge is 1.82. The molecule has 0 bridgehead atoms. The van der Waals surface area contributed by atoms with E-state index in [9.17, 15) is 0 Å². The van der Waals surface area contributed by atoms with Crippen LogP contribution in [0.3, 0.4) is 0 Å². The second-order valence-corrected chi connectivity index (χ2v) is 3.55. The number of rotatable bonds is 1. The van der Waals surface area contributed by atoms with Crippen LogP contribution in [-0.4, -0.2) is 0 Å². The average Bonchev–Trinajstić information content (AvgIpc) is 2.05. The Morgan fingerprint density at radius 3 is 0.923 bits per heavy atom. The Hall–Kier alpha value is -0.260. The van der Waals surface area contributed by atoms with Gasteiger partial charge in [0.1, 0.15) is 0 Å². The van der Waals surface area contributed by atoms with Crippen LogP contribution in [-0.2, 0) is 0 Å². The fourth-order valence-corrected chi connectivity index (χ4v) is 0.354. The smallest absolute Gasteiger partial charge is 0.0349 e. The lowest BCUT2D eigenvalue weighted by Gasteiger charge is -1.94. The molecule has 0 fully saturated rings. The summed E-state index contributed by atoms with van der Waals surface area (Å²) in [5.74, 6) is 0. The van der Waals surface area contributed by atoms with E-state index in [-0.39, 0.29) is 0 Å². The van der Waals surface area contributed by atoms with Crippen LogP contribution in [0.4, 0.5) is 0 Å². The highest BCUT2D eigenvalue weighted by molar-refractivity contribution is 5.05. The zero-order chi connectivity index (χ0) is 11.3. The molecule has 0 aromatic heterocycles. The Kier molecular flexibility index (Phi) is 25.2. The maximum Gasteiger partial charge on any atom is -0.0349 e. The van der Waals surface area contributed by atoms with Crippen molar-refractivity contribution in [3.8, 4) is 0 Å². The second-order valence-electron chi connectivity index (χ2n) is 3.55. The van der Waals surface area contributed by atoms with Crippen LogP contribution in [0.5, 0.6) is 0 Å². The van der Waals surface area contributed by atoms with E-state index < -0.39 is 0 Å². The van der Waals surface area contributed by atoms with Crippen molar-refractivity contribution in [1.29, 1.82) is 0 Å². The Morgan fingerprint density at radius 2 is 0.923 bits per heavy atom. The van der Waals surface area contributed by atoms with E-state index in [0.717, 1.165) is 0 Å². The maximum atomic E-state index is 2.18. The van der Waals surface area contributed by atoms with Crippen LogP contribution in [0.2, 0.25) is 0 Å². The Labute approximate surface area is 86.4 Å². The molecule has 0 unspecified atom stereocenters. The first kappa shape index (κ1) is 18.5. The number of allylic oxidation sites excluding steroid dienone is 2. The zero-order valence-corrected chi connectivity index (χ0v) is 11.1. The van der Waals surface area contributed by atoms with Gasteiger partial charge in [-0.25, -0.2) is 0 Å². The predicted octanol–water partition coefficient (Wildman–Crippen LogP) is 5.59. The van der Waals surface area contributed by atoms with E-state index in [1.54, 1.807) is 0 Å². The minimum atomic E-state index is 1.20. The van der Waals surface area contributed by atoms with E-state index >= 15 is 0 Å². The van der Waals surface area contributed by atoms with Gasteiger partial charge in [-0.15, -0.1) is 0 Å². The van der Waals surface area contributed by atoms with Gasteiger partial charge in [0.25, 0.3) is 0 Å². The van der Waals surface area contributed by atoms with Gasteiger partial charge in [0.15, 0.2) is 0 Å². The SMILES string of the molecule is CCC.CCC.CCC(C)=C(C)C. The molecule has 0 saturated carbocycles. The first-order valence-electron chi connectivity index (χ1n) is 5.64. The molecule has 82 valence electrons. The van der Waals surface area contributed by atoms with E-state index in [1.165, 1.54) is 30.4 Å². The molecule has 0 aliphatic heterocycles. The highest BCUT2D eigenvalue weighted by Crippen LogP contribution is 2.04. The van der Waals surface area contributed by atoms with Crippen molar-refractivity contribution >= 4 is 0 Å². The van der Waals surface area contributed by atoms with Crippen molar-refractivity contribution in [1.82, 2.24) is 0 Å². The molecule has 0 heteroatoms. The third kappa shape index (κ3) is 33.8.